The standard InChI is InChI=1S/C28H31N3O5S2/c1-20-9-11-21(12-10-20)31(38(34,35)24-15-13-23(37-2)14-16-24)19-27(32)30-26-8-4-3-7-25(26)28(33)29-18-22-6-5-17-36-22/h3-4,7-16,22H,5-6,17-19H2,1-2H3,(H,29,33)(H,30,32)/t22-/m1/s1. The zero-order valence-electron chi connectivity index (χ0n) is 21.3. The quantitative estimate of drug-likeness (QED) is 0.359. The number of sulfonamides is 1. The molecule has 1 fully saturated rings. The fraction of sp³-hybridized carbons (Fsp3) is 0.286. The maximum Gasteiger partial charge on any atom is 0.264 e. The molecule has 4 rings (SSSR count). The Kier molecular flexibility index (Phi) is 9.09. The SMILES string of the molecule is CSc1ccc(S(=O)(=O)N(CC(=O)Nc2ccccc2C(=O)NC[C@H]2CCCO2)c2ccc(C)cc2)cc1. The molecule has 1 atom stereocenters. The first-order chi connectivity index (χ1) is 18.3. The van der Waals surface area contributed by atoms with Crippen LogP contribution in [0, 0.1) is 6.92 Å². The number of aryl methyl sites for hydroxylation is 1. The molecule has 3 aromatic carbocycles. The van der Waals surface area contributed by atoms with Crippen LogP contribution in [0.5, 0.6) is 0 Å². The molecule has 0 aromatic heterocycles. The van der Waals surface area contributed by atoms with Gasteiger partial charge in [-0.05, 0) is 74.6 Å². The van der Waals surface area contributed by atoms with Gasteiger partial charge in [-0.25, -0.2) is 8.42 Å². The minimum absolute atomic E-state index is 0.0148. The molecule has 0 bridgehead atoms. The zero-order chi connectivity index (χ0) is 27.1. The molecule has 0 aliphatic carbocycles. The normalized spacial score (nSPS) is 15.2. The Bertz CT molecular complexity index is 1370. The van der Waals surface area contributed by atoms with E-state index in [-0.39, 0.29) is 22.5 Å². The number of benzene rings is 3. The summed E-state index contributed by atoms with van der Waals surface area (Å²) in [5.74, 6) is -0.914. The molecule has 2 N–H and O–H groups in total. The van der Waals surface area contributed by atoms with Gasteiger partial charge in [-0.1, -0.05) is 29.8 Å². The van der Waals surface area contributed by atoms with Crippen molar-refractivity contribution >= 4 is 45.0 Å². The zero-order valence-corrected chi connectivity index (χ0v) is 23.0. The number of carbonyl (C=O) groups excluding carboxylic acids is 2. The predicted octanol–water partition coefficient (Wildman–Crippen LogP) is 4.46. The molecule has 0 saturated carbocycles. The summed E-state index contributed by atoms with van der Waals surface area (Å²) in [6, 6.07) is 20.1. The lowest BCUT2D eigenvalue weighted by atomic mass is 10.1. The van der Waals surface area contributed by atoms with E-state index >= 15 is 0 Å². The molecule has 3 aromatic rings. The van der Waals surface area contributed by atoms with Crippen LogP contribution in [0.3, 0.4) is 0 Å². The van der Waals surface area contributed by atoms with E-state index in [1.807, 2.05) is 13.2 Å². The van der Waals surface area contributed by atoms with Crippen LogP contribution in [-0.2, 0) is 19.6 Å². The molecule has 1 heterocycles. The highest BCUT2D eigenvalue weighted by molar-refractivity contribution is 7.98. The van der Waals surface area contributed by atoms with E-state index in [1.54, 1.807) is 60.7 Å². The number of carbonyl (C=O) groups is 2. The Labute approximate surface area is 227 Å². The molecule has 200 valence electrons. The second-order valence-corrected chi connectivity index (χ2v) is 11.7. The van der Waals surface area contributed by atoms with Gasteiger partial charge in [-0.2, -0.15) is 0 Å². The van der Waals surface area contributed by atoms with Crippen LogP contribution in [0.1, 0.15) is 28.8 Å². The fourth-order valence-corrected chi connectivity index (χ4v) is 5.95. The number of anilines is 2. The van der Waals surface area contributed by atoms with Crippen molar-refractivity contribution in [2.75, 3.05) is 35.6 Å². The van der Waals surface area contributed by atoms with Gasteiger partial charge in [-0.15, -0.1) is 11.8 Å². The first kappa shape index (κ1) is 27.7. The van der Waals surface area contributed by atoms with Crippen LogP contribution in [-0.4, -0.2) is 52.3 Å². The van der Waals surface area contributed by atoms with E-state index < -0.39 is 22.5 Å². The van der Waals surface area contributed by atoms with Gasteiger partial charge < -0.3 is 15.4 Å². The lowest BCUT2D eigenvalue weighted by Gasteiger charge is -2.24. The summed E-state index contributed by atoms with van der Waals surface area (Å²) in [6.45, 7) is 2.50. The number of para-hydroxylation sites is 1. The molecule has 1 saturated heterocycles. The van der Waals surface area contributed by atoms with E-state index in [9.17, 15) is 18.0 Å². The molecule has 0 radical (unpaired) electrons. The Morgan fingerprint density at radius 1 is 1.03 bits per heavy atom. The molecule has 38 heavy (non-hydrogen) atoms. The largest absolute Gasteiger partial charge is 0.376 e. The van der Waals surface area contributed by atoms with Crippen LogP contribution in [0.15, 0.2) is 82.6 Å². The van der Waals surface area contributed by atoms with Crippen LogP contribution >= 0.6 is 11.8 Å². The van der Waals surface area contributed by atoms with Gasteiger partial charge in [0.1, 0.15) is 6.54 Å². The monoisotopic (exact) mass is 553 g/mol. The molecule has 0 unspecified atom stereocenters. The molecule has 1 aliphatic rings. The number of amides is 2. The fourth-order valence-electron chi connectivity index (χ4n) is 4.12. The minimum atomic E-state index is -4.05. The van der Waals surface area contributed by atoms with Gasteiger partial charge in [0.25, 0.3) is 15.9 Å². The van der Waals surface area contributed by atoms with Gasteiger partial charge in [-0.3, -0.25) is 13.9 Å². The van der Waals surface area contributed by atoms with E-state index in [1.165, 1.54) is 23.9 Å². The van der Waals surface area contributed by atoms with Crippen molar-refractivity contribution in [1.29, 1.82) is 0 Å². The van der Waals surface area contributed by atoms with Crippen molar-refractivity contribution in [2.24, 2.45) is 0 Å². The van der Waals surface area contributed by atoms with Gasteiger partial charge in [0.2, 0.25) is 5.91 Å². The summed E-state index contributed by atoms with van der Waals surface area (Å²) >= 11 is 1.51. The van der Waals surface area contributed by atoms with Crippen molar-refractivity contribution in [3.8, 4) is 0 Å². The molecule has 10 heteroatoms. The molecule has 1 aliphatic heterocycles. The topological polar surface area (TPSA) is 105 Å². The second-order valence-electron chi connectivity index (χ2n) is 8.96. The van der Waals surface area contributed by atoms with Crippen LogP contribution in [0.2, 0.25) is 0 Å². The number of nitrogens with one attached hydrogen (secondary N) is 2. The Morgan fingerprint density at radius 3 is 2.39 bits per heavy atom. The van der Waals surface area contributed by atoms with E-state index in [2.05, 4.69) is 10.6 Å². The Hall–Kier alpha value is -3.34. The van der Waals surface area contributed by atoms with E-state index in [0.717, 1.165) is 27.6 Å². The van der Waals surface area contributed by atoms with Gasteiger partial charge >= 0.3 is 0 Å². The van der Waals surface area contributed by atoms with Crippen molar-refractivity contribution in [2.45, 2.75) is 35.7 Å². The third-order valence-electron chi connectivity index (χ3n) is 6.22. The van der Waals surface area contributed by atoms with Crippen molar-refractivity contribution in [3.63, 3.8) is 0 Å². The molecule has 0 spiro atoms. The highest BCUT2D eigenvalue weighted by atomic mass is 32.2. The number of ether oxygens (including phenoxy) is 1. The summed E-state index contributed by atoms with van der Waals surface area (Å²) in [5, 5.41) is 5.59. The summed E-state index contributed by atoms with van der Waals surface area (Å²) in [7, 11) is -4.05. The van der Waals surface area contributed by atoms with Crippen LogP contribution in [0.4, 0.5) is 11.4 Å². The maximum absolute atomic E-state index is 13.7. The van der Waals surface area contributed by atoms with Crippen LogP contribution < -0.4 is 14.9 Å². The first-order valence-corrected chi connectivity index (χ1v) is 15.0. The average molecular weight is 554 g/mol. The predicted molar refractivity (Wildman–Crippen MR) is 150 cm³/mol. The van der Waals surface area contributed by atoms with Gasteiger partial charge in [0.05, 0.1) is 27.9 Å². The molecule has 2 amide bonds. The lowest BCUT2D eigenvalue weighted by molar-refractivity contribution is -0.114. The highest BCUT2D eigenvalue weighted by Gasteiger charge is 2.28. The summed E-state index contributed by atoms with van der Waals surface area (Å²) in [5.41, 5.74) is 1.91. The van der Waals surface area contributed by atoms with Gasteiger partial charge in [0.15, 0.2) is 0 Å². The van der Waals surface area contributed by atoms with E-state index in [0.29, 0.717) is 24.5 Å². The average Bonchev–Trinajstić information content (AvgIpc) is 3.45. The maximum atomic E-state index is 13.7. The van der Waals surface area contributed by atoms with Crippen molar-refractivity contribution in [1.82, 2.24) is 5.32 Å². The lowest BCUT2D eigenvalue weighted by Crippen LogP contribution is -2.38. The molecular formula is C28H31N3O5S2. The molecule has 8 nitrogen and oxygen atoms in total. The number of thioether (sulfide) groups is 1. The Morgan fingerprint density at radius 2 is 1.74 bits per heavy atom. The highest BCUT2D eigenvalue weighted by Crippen LogP contribution is 2.26. The summed E-state index contributed by atoms with van der Waals surface area (Å²) < 4.78 is 33.9. The summed E-state index contributed by atoms with van der Waals surface area (Å²) in [4.78, 5) is 27.1. The number of hydrogen-bond acceptors (Lipinski definition) is 6. The third kappa shape index (κ3) is 6.75. The first-order valence-electron chi connectivity index (χ1n) is 12.3. The smallest absolute Gasteiger partial charge is 0.264 e. The Balaban J connectivity index is 1.55. The van der Waals surface area contributed by atoms with Crippen molar-refractivity contribution < 1.29 is 22.7 Å². The second kappa shape index (κ2) is 12.5. The molecular weight excluding hydrogens is 522 g/mol. The number of hydrogen-bond donors (Lipinski definition) is 2. The van der Waals surface area contributed by atoms with E-state index in [4.69, 9.17) is 4.74 Å². The van der Waals surface area contributed by atoms with Gasteiger partial charge in [0, 0.05) is 18.0 Å². The minimum Gasteiger partial charge on any atom is -0.376 e. The van der Waals surface area contributed by atoms with Crippen LogP contribution in [0.25, 0.3) is 0 Å². The summed E-state index contributed by atoms with van der Waals surface area (Å²) in [6.07, 6.45) is 3.75. The van der Waals surface area contributed by atoms with Crippen molar-refractivity contribution in [3.05, 3.63) is 83.9 Å². The number of nitrogens with zero attached hydrogens (tertiary/aromatic N) is 1. The number of rotatable bonds is 10. The third-order valence-corrected chi connectivity index (χ3v) is 8.75.